The van der Waals surface area contributed by atoms with E-state index in [2.05, 4.69) is 26.0 Å². The van der Waals surface area contributed by atoms with Crippen molar-refractivity contribution in [2.45, 2.75) is 90.9 Å². The van der Waals surface area contributed by atoms with Gasteiger partial charge in [0, 0.05) is 5.75 Å². The molecule has 1 aromatic rings. The van der Waals surface area contributed by atoms with Gasteiger partial charge in [-0.1, -0.05) is 58.4 Å². The summed E-state index contributed by atoms with van der Waals surface area (Å²) in [5.41, 5.74) is 2.83. The van der Waals surface area contributed by atoms with Crippen LogP contribution in [0.2, 0.25) is 0 Å². The van der Waals surface area contributed by atoms with Crippen molar-refractivity contribution in [2.75, 3.05) is 12.4 Å². The number of rotatable bonds is 16. The van der Waals surface area contributed by atoms with Crippen LogP contribution >= 0.6 is 0 Å². The molecule has 0 unspecified atom stereocenters. The predicted octanol–water partition coefficient (Wildman–Crippen LogP) is 2.64. The second-order valence-electron chi connectivity index (χ2n) is 7.37. The van der Waals surface area contributed by atoms with E-state index in [-0.39, 0.29) is 35.3 Å². The molecule has 1 rings (SSSR count). The second kappa shape index (κ2) is 16.7. The van der Waals surface area contributed by atoms with Crippen LogP contribution in [-0.4, -0.2) is 25.3 Å². The van der Waals surface area contributed by atoms with Crippen molar-refractivity contribution in [3.05, 3.63) is 29.3 Å². The van der Waals surface area contributed by atoms with E-state index < -0.39 is 10.1 Å². The zero-order valence-electron chi connectivity index (χ0n) is 18.2. The van der Waals surface area contributed by atoms with E-state index in [1.807, 2.05) is 6.07 Å². The predicted molar refractivity (Wildman–Crippen MR) is 111 cm³/mol. The summed E-state index contributed by atoms with van der Waals surface area (Å²) in [6, 6.07) is 6.37. The van der Waals surface area contributed by atoms with Crippen LogP contribution in [0.4, 0.5) is 0 Å². The van der Waals surface area contributed by atoms with Crippen molar-refractivity contribution in [3.8, 4) is 5.75 Å². The maximum absolute atomic E-state index is 10.6. The van der Waals surface area contributed by atoms with Crippen molar-refractivity contribution < 1.29 is 47.3 Å². The molecule has 0 bridgehead atoms. The minimum absolute atomic E-state index is 0. The fraction of sp³-hybridized carbons (Fsp3) is 0.727. The van der Waals surface area contributed by atoms with Gasteiger partial charge in [0.2, 0.25) is 0 Å². The van der Waals surface area contributed by atoms with Gasteiger partial charge >= 0.3 is 29.6 Å². The van der Waals surface area contributed by atoms with Gasteiger partial charge in [-0.3, -0.25) is 0 Å². The summed E-state index contributed by atoms with van der Waals surface area (Å²) in [6.45, 7) is 4.91. The summed E-state index contributed by atoms with van der Waals surface area (Å²) in [4.78, 5) is 0. The number of aryl methyl sites for hydroxylation is 2. The molecular weight excluding hydrogens is 383 g/mol. The first-order chi connectivity index (χ1) is 13.0. The van der Waals surface area contributed by atoms with Crippen molar-refractivity contribution >= 4 is 10.1 Å². The molecule has 6 heteroatoms. The van der Waals surface area contributed by atoms with Gasteiger partial charge in [-0.15, -0.1) is 0 Å². The minimum atomic E-state index is -4.12. The summed E-state index contributed by atoms with van der Waals surface area (Å²) < 4.78 is 37.7. The molecule has 0 N–H and O–H groups in total. The van der Waals surface area contributed by atoms with Gasteiger partial charge in [0.25, 0.3) is 0 Å². The molecule has 0 aromatic heterocycles. The standard InChI is InChI=1S/C22H38O4S.Na/c1-3-5-7-9-13-20-15-16-22(19-21(20)14-10-8-6-4-2)26-17-11-12-18-27(23,24)25;/h15-16,19H,3-14,17-18H2,1-2H3,(H,23,24,25);/q;+1/p-1. The monoisotopic (exact) mass is 420 g/mol. The number of hydrogen-bond donors (Lipinski definition) is 0. The maximum atomic E-state index is 10.6. The molecule has 0 saturated heterocycles. The first kappa shape index (κ1) is 27.9. The first-order valence-corrected chi connectivity index (χ1v) is 12.2. The van der Waals surface area contributed by atoms with E-state index in [4.69, 9.17) is 4.74 Å². The van der Waals surface area contributed by atoms with E-state index in [1.54, 1.807) is 0 Å². The average molecular weight is 421 g/mol. The van der Waals surface area contributed by atoms with E-state index in [0.29, 0.717) is 19.4 Å². The molecule has 156 valence electrons. The topological polar surface area (TPSA) is 66.4 Å². The second-order valence-corrected chi connectivity index (χ2v) is 8.89. The fourth-order valence-corrected chi connectivity index (χ4v) is 3.78. The van der Waals surface area contributed by atoms with Crippen molar-refractivity contribution in [1.29, 1.82) is 0 Å². The van der Waals surface area contributed by atoms with E-state index in [1.165, 1.54) is 62.5 Å². The largest absolute Gasteiger partial charge is 1.00 e. The van der Waals surface area contributed by atoms with Gasteiger partial charge in [-0.05, 0) is 61.8 Å². The van der Waals surface area contributed by atoms with Crippen LogP contribution in [-0.2, 0) is 23.0 Å². The normalized spacial score (nSPS) is 11.2. The van der Waals surface area contributed by atoms with Crippen LogP contribution in [0.25, 0.3) is 0 Å². The van der Waals surface area contributed by atoms with Gasteiger partial charge in [-0.25, -0.2) is 8.42 Å². The van der Waals surface area contributed by atoms with Crippen molar-refractivity contribution in [2.24, 2.45) is 0 Å². The van der Waals surface area contributed by atoms with Crippen LogP contribution in [0.5, 0.6) is 5.75 Å². The molecule has 0 atom stereocenters. The molecule has 0 aliphatic heterocycles. The number of ether oxygens (including phenoxy) is 1. The zero-order chi connectivity index (χ0) is 20.0. The Balaban J connectivity index is 0.00000729. The van der Waals surface area contributed by atoms with Gasteiger partial charge < -0.3 is 9.29 Å². The van der Waals surface area contributed by atoms with Gasteiger partial charge in [0.15, 0.2) is 0 Å². The minimum Gasteiger partial charge on any atom is -0.748 e. The Bertz CT molecular complexity index is 617. The van der Waals surface area contributed by atoms with E-state index >= 15 is 0 Å². The number of benzene rings is 1. The Kier molecular flexibility index (Phi) is 16.7. The quantitative estimate of drug-likeness (QED) is 0.234. The smallest absolute Gasteiger partial charge is 0.748 e. The molecule has 0 spiro atoms. The van der Waals surface area contributed by atoms with Crippen LogP contribution in [0.15, 0.2) is 18.2 Å². The Morgan fingerprint density at radius 2 is 1.43 bits per heavy atom. The molecule has 0 radical (unpaired) electrons. The van der Waals surface area contributed by atoms with Crippen LogP contribution in [0, 0.1) is 0 Å². The van der Waals surface area contributed by atoms with Crippen LogP contribution < -0.4 is 34.3 Å². The molecule has 28 heavy (non-hydrogen) atoms. The molecule has 0 aliphatic rings. The molecule has 0 fully saturated rings. The maximum Gasteiger partial charge on any atom is 1.00 e. The summed E-state index contributed by atoms with van der Waals surface area (Å²) in [6.07, 6.45) is 13.2. The third kappa shape index (κ3) is 14.0. The third-order valence-electron chi connectivity index (χ3n) is 4.83. The SMILES string of the molecule is CCCCCCc1ccc(OCCCCS(=O)(=O)[O-])cc1CCCCCC.[Na+]. The summed E-state index contributed by atoms with van der Waals surface area (Å²) in [5, 5.41) is 0. The van der Waals surface area contributed by atoms with E-state index in [9.17, 15) is 13.0 Å². The van der Waals surface area contributed by atoms with Crippen molar-refractivity contribution in [1.82, 2.24) is 0 Å². The molecule has 0 saturated carbocycles. The van der Waals surface area contributed by atoms with Gasteiger partial charge in [-0.2, -0.15) is 0 Å². The summed E-state index contributed by atoms with van der Waals surface area (Å²) >= 11 is 0. The van der Waals surface area contributed by atoms with Crippen LogP contribution in [0.1, 0.15) is 89.2 Å². The molecule has 1 aromatic carbocycles. The third-order valence-corrected chi connectivity index (χ3v) is 5.62. The Labute approximate surface area is 194 Å². The summed E-state index contributed by atoms with van der Waals surface area (Å²) in [5.74, 6) is 0.540. The molecule has 0 aliphatic carbocycles. The first-order valence-electron chi connectivity index (χ1n) is 10.6. The fourth-order valence-electron chi connectivity index (χ4n) is 3.22. The van der Waals surface area contributed by atoms with E-state index in [0.717, 1.165) is 18.6 Å². The molecule has 4 nitrogen and oxygen atoms in total. The van der Waals surface area contributed by atoms with Gasteiger partial charge in [0.1, 0.15) is 5.75 Å². The molecule has 0 amide bonds. The number of unbranched alkanes of at least 4 members (excludes halogenated alkanes) is 7. The van der Waals surface area contributed by atoms with Crippen LogP contribution in [0.3, 0.4) is 0 Å². The molecular formula is C22H37NaO4S. The Morgan fingerprint density at radius 3 is 2.00 bits per heavy atom. The zero-order valence-corrected chi connectivity index (χ0v) is 21.0. The van der Waals surface area contributed by atoms with Crippen molar-refractivity contribution in [3.63, 3.8) is 0 Å². The summed E-state index contributed by atoms with van der Waals surface area (Å²) in [7, 11) is -4.12. The number of hydrogen-bond acceptors (Lipinski definition) is 4. The molecule has 0 heterocycles. The van der Waals surface area contributed by atoms with Gasteiger partial charge in [0.05, 0.1) is 16.7 Å². The average Bonchev–Trinajstić information content (AvgIpc) is 2.62. The Hall–Kier alpha value is -0.0700. The Morgan fingerprint density at radius 1 is 0.821 bits per heavy atom.